The average Bonchev–Trinajstić information content (AvgIpc) is 3.11. The van der Waals surface area contributed by atoms with Crippen molar-refractivity contribution in [1.82, 2.24) is 10.1 Å². The summed E-state index contributed by atoms with van der Waals surface area (Å²) in [5, 5.41) is 6.72. The van der Waals surface area contributed by atoms with Crippen molar-refractivity contribution in [2.45, 2.75) is 6.92 Å². The summed E-state index contributed by atoms with van der Waals surface area (Å²) in [7, 11) is 1.32. The molecule has 1 aromatic carbocycles. The maximum absolute atomic E-state index is 12.0. The number of amides is 1. The van der Waals surface area contributed by atoms with Gasteiger partial charge in [-0.3, -0.25) is 10.1 Å². The Kier molecular flexibility index (Phi) is 3.60. The Labute approximate surface area is 128 Å². The number of fused-ring (bicyclic) bond motifs is 1. The lowest BCUT2D eigenvalue weighted by Crippen LogP contribution is -2.11. The van der Waals surface area contributed by atoms with E-state index in [1.54, 1.807) is 25.1 Å². The van der Waals surface area contributed by atoms with E-state index in [4.69, 9.17) is 4.52 Å². The van der Waals surface area contributed by atoms with E-state index in [1.165, 1.54) is 24.5 Å². The quantitative estimate of drug-likeness (QED) is 0.746. The molecule has 0 radical (unpaired) electrons. The molecule has 0 fully saturated rings. The molecule has 112 valence electrons. The molecule has 0 aliphatic rings. The number of ether oxygens (including phenoxy) is 1. The molecule has 1 N–H and O–H groups in total. The predicted octanol–water partition coefficient (Wildman–Crippen LogP) is 2.63. The Morgan fingerprint density at radius 3 is 2.82 bits per heavy atom. The zero-order chi connectivity index (χ0) is 15.7. The highest BCUT2D eigenvalue weighted by Crippen LogP contribution is 2.27. The molecule has 0 spiro atoms. The lowest BCUT2D eigenvalue weighted by atomic mass is 10.2. The molecule has 0 saturated carbocycles. The van der Waals surface area contributed by atoms with E-state index in [2.05, 4.69) is 20.2 Å². The van der Waals surface area contributed by atoms with Crippen LogP contribution in [0.3, 0.4) is 0 Å². The second kappa shape index (κ2) is 5.57. The summed E-state index contributed by atoms with van der Waals surface area (Å²) < 4.78 is 10.3. The third-order valence-electron chi connectivity index (χ3n) is 2.89. The Morgan fingerprint density at radius 1 is 1.32 bits per heavy atom. The minimum absolute atomic E-state index is 0.187. The monoisotopic (exact) mass is 317 g/mol. The van der Waals surface area contributed by atoms with E-state index in [0.717, 1.165) is 4.70 Å². The number of methoxy groups -OCH3 is 1. The highest BCUT2D eigenvalue weighted by atomic mass is 32.1. The molecule has 0 bridgehead atoms. The molecule has 0 aliphatic carbocycles. The topological polar surface area (TPSA) is 94.3 Å². The van der Waals surface area contributed by atoms with Crippen LogP contribution in [0.2, 0.25) is 0 Å². The van der Waals surface area contributed by atoms with Gasteiger partial charge in [-0.1, -0.05) is 16.5 Å². The summed E-state index contributed by atoms with van der Waals surface area (Å²) in [5.41, 5.74) is 1.31. The van der Waals surface area contributed by atoms with Crippen molar-refractivity contribution < 1.29 is 18.8 Å². The van der Waals surface area contributed by atoms with Gasteiger partial charge in [0.15, 0.2) is 10.8 Å². The van der Waals surface area contributed by atoms with Crippen LogP contribution in [0.15, 0.2) is 28.8 Å². The van der Waals surface area contributed by atoms with Crippen LogP contribution in [0.4, 0.5) is 5.13 Å². The molecule has 2 heterocycles. The van der Waals surface area contributed by atoms with Gasteiger partial charge in [0.25, 0.3) is 5.91 Å². The first-order valence-electron chi connectivity index (χ1n) is 6.30. The van der Waals surface area contributed by atoms with Crippen LogP contribution in [0.25, 0.3) is 10.2 Å². The van der Waals surface area contributed by atoms with Crippen molar-refractivity contribution >= 4 is 38.6 Å². The highest BCUT2D eigenvalue weighted by Gasteiger charge is 2.14. The standard InChI is InChI=1S/C14H11N3O4S/c1-7-5-10(17-21-7)12(18)16-14-15-9-4-3-8(13(19)20-2)6-11(9)22-14/h3-6H,1-2H3,(H,15,16,18). The van der Waals surface area contributed by atoms with Gasteiger partial charge in [0.1, 0.15) is 5.76 Å². The Hall–Kier alpha value is -2.74. The van der Waals surface area contributed by atoms with Crippen molar-refractivity contribution in [1.29, 1.82) is 0 Å². The first kappa shape index (κ1) is 14.2. The molecule has 0 aliphatic heterocycles. The molecule has 0 atom stereocenters. The van der Waals surface area contributed by atoms with E-state index < -0.39 is 11.9 Å². The molecule has 22 heavy (non-hydrogen) atoms. The molecule has 0 unspecified atom stereocenters. The van der Waals surface area contributed by atoms with Crippen LogP contribution in [0, 0.1) is 6.92 Å². The van der Waals surface area contributed by atoms with Crippen molar-refractivity contribution in [2.24, 2.45) is 0 Å². The van der Waals surface area contributed by atoms with Gasteiger partial charge < -0.3 is 9.26 Å². The van der Waals surface area contributed by atoms with Gasteiger partial charge in [-0.15, -0.1) is 0 Å². The number of thiazole rings is 1. The Bertz CT molecular complexity index is 868. The normalized spacial score (nSPS) is 10.6. The fourth-order valence-corrected chi connectivity index (χ4v) is 2.76. The first-order chi connectivity index (χ1) is 10.6. The number of nitrogens with zero attached hydrogens (tertiary/aromatic N) is 2. The van der Waals surface area contributed by atoms with Gasteiger partial charge >= 0.3 is 5.97 Å². The SMILES string of the molecule is COC(=O)c1ccc2nc(NC(=O)c3cc(C)on3)sc2c1. The molecular weight excluding hydrogens is 306 g/mol. The van der Waals surface area contributed by atoms with Crippen molar-refractivity contribution in [3.8, 4) is 0 Å². The number of aromatic nitrogens is 2. The maximum Gasteiger partial charge on any atom is 0.337 e. The largest absolute Gasteiger partial charge is 0.465 e. The van der Waals surface area contributed by atoms with E-state index in [1.807, 2.05) is 0 Å². The molecule has 2 aromatic heterocycles. The van der Waals surface area contributed by atoms with Gasteiger partial charge in [-0.2, -0.15) is 0 Å². The third-order valence-corrected chi connectivity index (χ3v) is 3.82. The smallest absolute Gasteiger partial charge is 0.337 e. The fraction of sp³-hybridized carbons (Fsp3) is 0.143. The minimum atomic E-state index is -0.418. The summed E-state index contributed by atoms with van der Waals surface area (Å²) in [6, 6.07) is 6.54. The minimum Gasteiger partial charge on any atom is -0.465 e. The molecule has 3 rings (SSSR count). The second-order valence-corrected chi connectivity index (χ2v) is 5.50. The lowest BCUT2D eigenvalue weighted by Gasteiger charge is -1.97. The molecule has 3 aromatic rings. The van der Waals surface area contributed by atoms with E-state index in [9.17, 15) is 9.59 Å². The van der Waals surface area contributed by atoms with E-state index in [-0.39, 0.29) is 5.69 Å². The van der Waals surface area contributed by atoms with Crippen LogP contribution in [0.5, 0.6) is 0 Å². The number of aryl methyl sites for hydroxylation is 1. The van der Waals surface area contributed by atoms with E-state index >= 15 is 0 Å². The number of nitrogens with one attached hydrogen (secondary N) is 1. The van der Waals surface area contributed by atoms with Crippen LogP contribution in [-0.4, -0.2) is 29.1 Å². The van der Waals surface area contributed by atoms with Crippen LogP contribution < -0.4 is 5.32 Å². The lowest BCUT2D eigenvalue weighted by molar-refractivity contribution is 0.0601. The summed E-state index contributed by atoms with van der Waals surface area (Å²) in [5.74, 6) is -0.264. The van der Waals surface area contributed by atoms with Crippen molar-refractivity contribution in [3.63, 3.8) is 0 Å². The van der Waals surface area contributed by atoms with Gasteiger partial charge in [-0.05, 0) is 25.1 Å². The average molecular weight is 317 g/mol. The zero-order valence-electron chi connectivity index (χ0n) is 11.7. The number of benzene rings is 1. The van der Waals surface area contributed by atoms with Gasteiger partial charge in [-0.25, -0.2) is 9.78 Å². The highest BCUT2D eigenvalue weighted by molar-refractivity contribution is 7.22. The fourth-order valence-electron chi connectivity index (χ4n) is 1.86. The maximum atomic E-state index is 12.0. The summed E-state index contributed by atoms with van der Waals surface area (Å²) in [6.07, 6.45) is 0. The summed E-state index contributed by atoms with van der Waals surface area (Å²) in [6.45, 7) is 1.70. The Balaban J connectivity index is 1.85. The third kappa shape index (κ3) is 2.68. The zero-order valence-corrected chi connectivity index (χ0v) is 12.6. The second-order valence-electron chi connectivity index (χ2n) is 4.47. The number of rotatable bonds is 3. The summed E-state index contributed by atoms with van der Waals surface area (Å²) in [4.78, 5) is 27.8. The number of hydrogen-bond acceptors (Lipinski definition) is 7. The van der Waals surface area contributed by atoms with Gasteiger partial charge in [0.05, 0.1) is 22.9 Å². The first-order valence-corrected chi connectivity index (χ1v) is 7.12. The summed E-state index contributed by atoms with van der Waals surface area (Å²) >= 11 is 1.26. The Morgan fingerprint density at radius 2 is 2.14 bits per heavy atom. The number of esters is 1. The number of carbonyl (C=O) groups excluding carboxylic acids is 2. The van der Waals surface area contributed by atoms with E-state index in [0.29, 0.717) is 22.0 Å². The van der Waals surface area contributed by atoms with Crippen LogP contribution in [0.1, 0.15) is 26.6 Å². The predicted molar refractivity (Wildman–Crippen MR) is 80.2 cm³/mol. The molecule has 0 saturated heterocycles. The number of anilines is 1. The molecule has 1 amide bonds. The van der Waals surface area contributed by atoms with Crippen LogP contribution >= 0.6 is 11.3 Å². The van der Waals surface area contributed by atoms with Crippen molar-refractivity contribution in [3.05, 3.63) is 41.3 Å². The van der Waals surface area contributed by atoms with Gasteiger partial charge in [0.2, 0.25) is 0 Å². The number of hydrogen-bond donors (Lipinski definition) is 1. The molecule has 8 heteroatoms. The van der Waals surface area contributed by atoms with Crippen LogP contribution in [-0.2, 0) is 4.74 Å². The van der Waals surface area contributed by atoms with Gasteiger partial charge in [0, 0.05) is 6.07 Å². The molecular formula is C14H11N3O4S. The molecule has 7 nitrogen and oxygen atoms in total. The number of carbonyl (C=O) groups is 2. The van der Waals surface area contributed by atoms with Crippen molar-refractivity contribution in [2.75, 3.05) is 12.4 Å².